The lowest BCUT2D eigenvalue weighted by Crippen LogP contribution is -2.27. The van der Waals surface area contributed by atoms with Crippen molar-refractivity contribution in [2.24, 2.45) is 0 Å². The molecule has 0 bridgehead atoms. The summed E-state index contributed by atoms with van der Waals surface area (Å²) in [6.45, 7) is 5.41. The van der Waals surface area contributed by atoms with E-state index in [-0.39, 0.29) is 0 Å². The first-order valence-corrected chi connectivity index (χ1v) is 5.88. The lowest BCUT2D eigenvalue weighted by atomic mass is 10.2. The number of nitriles is 1. The molecule has 90 valence electrons. The van der Waals surface area contributed by atoms with E-state index in [4.69, 9.17) is 10.00 Å². The first kappa shape index (κ1) is 13.4. The molecular formula is C12H14N2O2S. The number of thiocyanates is 1. The highest BCUT2D eigenvalue weighted by Gasteiger charge is 2.15. The zero-order valence-electron chi connectivity index (χ0n) is 9.98. The van der Waals surface area contributed by atoms with Gasteiger partial charge in [-0.15, -0.1) is 0 Å². The van der Waals surface area contributed by atoms with Crippen LogP contribution in [-0.2, 0) is 4.74 Å². The molecule has 0 aliphatic carbocycles. The van der Waals surface area contributed by atoms with Crippen molar-refractivity contribution in [3.05, 3.63) is 24.3 Å². The van der Waals surface area contributed by atoms with Crippen molar-refractivity contribution in [1.82, 2.24) is 0 Å². The number of rotatable bonds is 2. The zero-order chi connectivity index (χ0) is 12.9. The number of nitrogens with zero attached hydrogens (tertiary/aromatic N) is 1. The fraction of sp³-hybridized carbons (Fsp3) is 0.333. The number of amides is 1. The maximum absolute atomic E-state index is 11.4. The van der Waals surface area contributed by atoms with Gasteiger partial charge in [0.05, 0.1) is 0 Å². The van der Waals surface area contributed by atoms with E-state index >= 15 is 0 Å². The van der Waals surface area contributed by atoms with Crippen molar-refractivity contribution >= 4 is 23.5 Å². The topological polar surface area (TPSA) is 62.1 Å². The van der Waals surface area contributed by atoms with Gasteiger partial charge in [-0.3, -0.25) is 5.32 Å². The van der Waals surface area contributed by atoms with Crippen molar-refractivity contribution in [1.29, 1.82) is 5.26 Å². The fourth-order valence-corrected chi connectivity index (χ4v) is 1.46. The van der Waals surface area contributed by atoms with Crippen LogP contribution in [0.5, 0.6) is 0 Å². The van der Waals surface area contributed by atoms with Crippen molar-refractivity contribution < 1.29 is 9.53 Å². The molecule has 1 N–H and O–H groups in total. The number of hydrogen-bond acceptors (Lipinski definition) is 4. The minimum absolute atomic E-state index is 0.488. The number of ether oxygens (including phenoxy) is 1. The van der Waals surface area contributed by atoms with Crippen LogP contribution < -0.4 is 5.32 Å². The quantitative estimate of drug-likeness (QED) is 0.643. The molecule has 1 amide bonds. The molecule has 0 aromatic heterocycles. The smallest absolute Gasteiger partial charge is 0.412 e. The van der Waals surface area contributed by atoms with Crippen molar-refractivity contribution in [3.8, 4) is 5.40 Å². The van der Waals surface area contributed by atoms with Gasteiger partial charge in [-0.1, -0.05) is 0 Å². The number of anilines is 1. The predicted molar refractivity (Wildman–Crippen MR) is 67.8 cm³/mol. The summed E-state index contributed by atoms with van der Waals surface area (Å²) in [5.74, 6) is 0. The number of benzene rings is 1. The minimum Gasteiger partial charge on any atom is -0.444 e. The molecule has 0 fully saturated rings. The molecule has 4 nitrogen and oxygen atoms in total. The molecule has 0 radical (unpaired) electrons. The Kier molecular flexibility index (Phi) is 4.41. The highest BCUT2D eigenvalue weighted by molar-refractivity contribution is 8.03. The van der Waals surface area contributed by atoms with E-state index in [0.717, 1.165) is 16.7 Å². The number of carbonyl (C=O) groups excluding carboxylic acids is 1. The Morgan fingerprint density at radius 3 is 2.41 bits per heavy atom. The monoisotopic (exact) mass is 250 g/mol. The Labute approximate surface area is 105 Å². The van der Waals surface area contributed by atoms with E-state index in [1.54, 1.807) is 45.0 Å². The molecule has 1 aromatic carbocycles. The van der Waals surface area contributed by atoms with E-state index < -0.39 is 11.7 Å². The average Bonchev–Trinajstić information content (AvgIpc) is 2.18. The van der Waals surface area contributed by atoms with Crippen LogP contribution in [0.25, 0.3) is 0 Å². The van der Waals surface area contributed by atoms with Gasteiger partial charge in [0, 0.05) is 10.6 Å². The van der Waals surface area contributed by atoms with Crippen molar-refractivity contribution in [2.75, 3.05) is 5.32 Å². The molecule has 5 heteroatoms. The molecule has 1 rings (SSSR count). The summed E-state index contributed by atoms with van der Waals surface area (Å²) in [6, 6.07) is 6.98. The molecule has 0 atom stereocenters. The van der Waals surface area contributed by atoms with Gasteiger partial charge in [-0.2, -0.15) is 5.26 Å². The van der Waals surface area contributed by atoms with Gasteiger partial charge < -0.3 is 4.74 Å². The Bertz CT molecular complexity index is 429. The van der Waals surface area contributed by atoms with Crippen LogP contribution >= 0.6 is 11.8 Å². The Hall–Kier alpha value is -1.67. The lowest BCUT2D eigenvalue weighted by Gasteiger charge is -2.19. The Morgan fingerprint density at radius 2 is 1.94 bits per heavy atom. The molecule has 0 spiro atoms. The third-order valence-electron chi connectivity index (χ3n) is 1.66. The van der Waals surface area contributed by atoms with Crippen LogP contribution in [0.1, 0.15) is 20.8 Å². The first-order chi connectivity index (χ1) is 7.90. The number of hydrogen-bond donors (Lipinski definition) is 1. The van der Waals surface area contributed by atoms with E-state index in [0.29, 0.717) is 5.69 Å². The molecule has 17 heavy (non-hydrogen) atoms. The number of thioether (sulfide) groups is 1. The summed E-state index contributed by atoms with van der Waals surface area (Å²) >= 11 is 1.07. The first-order valence-electron chi connectivity index (χ1n) is 5.07. The van der Waals surface area contributed by atoms with Crippen LogP contribution in [0.2, 0.25) is 0 Å². The van der Waals surface area contributed by atoms with Crippen LogP contribution in [0.15, 0.2) is 29.2 Å². The van der Waals surface area contributed by atoms with Crippen LogP contribution in [0.3, 0.4) is 0 Å². The maximum Gasteiger partial charge on any atom is 0.412 e. The fourth-order valence-electron chi connectivity index (χ4n) is 1.08. The van der Waals surface area contributed by atoms with Gasteiger partial charge in [0.25, 0.3) is 0 Å². The second-order valence-electron chi connectivity index (χ2n) is 4.34. The summed E-state index contributed by atoms with van der Waals surface area (Å²) in [5, 5.41) is 13.1. The van der Waals surface area contributed by atoms with E-state index in [2.05, 4.69) is 5.32 Å². The molecular weight excluding hydrogens is 236 g/mol. The number of nitrogens with one attached hydrogen (secondary N) is 1. The van der Waals surface area contributed by atoms with Gasteiger partial charge in [-0.25, -0.2) is 4.79 Å². The summed E-state index contributed by atoms with van der Waals surface area (Å²) in [5.41, 5.74) is 0.127. The molecule has 1 aromatic rings. The van der Waals surface area contributed by atoms with Crippen molar-refractivity contribution in [2.45, 2.75) is 31.3 Å². The molecule has 0 aliphatic rings. The van der Waals surface area contributed by atoms with Gasteiger partial charge >= 0.3 is 6.09 Å². The highest BCUT2D eigenvalue weighted by atomic mass is 32.2. The summed E-state index contributed by atoms with van der Waals surface area (Å²) in [4.78, 5) is 12.3. The zero-order valence-corrected chi connectivity index (χ0v) is 10.8. The molecule has 0 heterocycles. The molecule has 0 saturated heterocycles. The van der Waals surface area contributed by atoms with Crippen LogP contribution in [-0.4, -0.2) is 11.7 Å². The average molecular weight is 250 g/mol. The van der Waals surface area contributed by atoms with Crippen LogP contribution in [0.4, 0.5) is 10.5 Å². The van der Waals surface area contributed by atoms with Gasteiger partial charge in [0.2, 0.25) is 0 Å². The largest absolute Gasteiger partial charge is 0.444 e. The third kappa shape index (κ3) is 5.27. The van der Waals surface area contributed by atoms with E-state index in [1.165, 1.54) is 0 Å². The van der Waals surface area contributed by atoms with Gasteiger partial charge in [-0.05, 0) is 56.8 Å². The molecule has 0 unspecified atom stereocenters. The van der Waals surface area contributed by atoms with Gasteiger partial charge in [0.1, 0.15) is 11.0 Å². The third-order valence-corrected chi connectivity index (χ3v) is 2.26. The minimum atomic E-state index is -0.513. The van der Waals surface area contributed by atoms with E-state index in [9.17, 15) is 4.79 Å². The molecule has 0 aliphatic heterocycles. The second kappa shape index (κ2) is 5.60. The summed E-state index contributed by atoms with van der Waals surface area (Å²) < 4.78 is 5.11. The van der Waals surface area contributed by atoms with Crippen LogP contribution in [0, 0.1) is 10.7 Å². The SMILES string of the molecule is CC(C)(C)OC(=O)Nc1ccc(SC#N)cc1. The lowest BCUT2D eigenvalue weighted by molar-refractivity contribution is 0.0636. The molecule has 0 saturated carbocycles. The highest BCUT2D eigenvalue weighted by Crippen LogP contribution is 2.19. The summed E-state index contributed by atoms with van der Waals surface area (Å²) in [7, 11) is 0. The number of carbonyl (C=O) groups is 1. The maximum atomic E-state index is 11.4. The normalized spacial score (nSPS) is 10.5. The Morgan fingerprint density at radius 1 is 1.35 bits per heavy atom. The standard InChI is InChI=1S/C12H14N2O2S/c1-12(2,3)16-11(15)14-9-4-6-10(7-5-9)17-8-13/h4-7H,1-3H3,(H,14,15). The second-order valence-corrected chi connectivity index (χ2v) is 5.20. The van der Waals surface area contributed by atoms with E-state index in [1.807, 2.05) is 5.40 Å². The summed E-state index contributed by atoms with van der Waals surface area (Å²) in [6.07, 6.45) is -0.488. The Balaban J connectivity index is 2.58. The van der Waals surface area contributed by atoms with Gasteiger partial charge in [0.15, 0.2) is 0 Å². The predicted octanol–water partition coefficient (Wildman–Crippen LogP) is 3.61. The van der Waals surface area contributed by atoms with Crippen molar-refractivity contribution in [3.63, 3.8) is 0 Å².